The lowest BCUT2D eigenvalue weighted by atomic mass is 9.88. The normalized spacial score (nSPS) is 18.7. The van der Waals surface area contributed by atoms with E-state index in [9.17, 15) is 4.79 Å². The summed E-state index contributed by atoms with van der Waals surface area (Å²) in [6.07, 6.45) is 0. The highest BCUT2D eigenvalue weighted by molar-refractivity contribution is 5.73. The average Bonchev–Trinajstić information content (AvgIpc) is 3.18. The summed E-state index contributed by atoms with van der Waals surface area (Å²) in [5.41, 5.74) is 2.49. The van der Waals surface area contributed by atoms with Crippen LogP contribution in [0.5, 0.6) is 11.5 Å². The van der Waals surface area contributed by atoms with Gasteiger partial charge in [-0.25, -0.2) is 0 Å². The molecule has 1 aliphatic rings. The Morgan fingerprint density at radius 3 is 2.42 bits per heavy atom. The summed E-state index contributed by atoms with van der Waals surface area (Å²) in [5, 5.41) is 0. The Labute approximate surface area is 185 Å². The quantitative estimate of drug-likeness (QED) is 0.583. The van der Waals surface area contributed by atoms with E-state index in [4.69, 9.17) is 14.2 Å². The summed E-state index contributed by atoms with van der Waals surface area (Å²) in [6.45, 7) is 6.23. The van der Waals surface area contributed by atoms with E-state index in [0.29, 0.717) is 25.0 Å². The Bertz CT molecular complexity index is 857. The fourth-order valence-electron chi connectivity index (χ4n) is 4.42. The minimum absolute atomic E-state index is 0.0905. The average molecular weight is 427 g/mol. The van der Waals surface area contributed by atoms with Gasteiger partial charge >= 0.3 is 0 Å². The molecule has 0 aliphatic carbocycles. The molecule has 0 aromatic heterocycles. The van der Waals surface area contributed by atoms with E-state index in [1.807, 2.05) is 29.2 Å². The van der Waals surface area contributed by atoms with Crippen molar-refractivity contribution in [2.45, 2.75) is 19.4 Å². The standard InChI is InChI=1S/C25H34N2O4/c1-19(28)27(11-12-29-2)17-22-16-26(15-20-7-5-9-23(13-20)30-3)18-25(22)21-8-6-10-24(14-21)31-4/h5-10,13-14,22,25H,11-12,15-18H2,1-4H3/t22-,25-/m0/s1. The number of amides is 1. The highest BCUT2D eigenvalue weighted by atomic mass is 16.5. The van der Waals surface area contributed by atoms with Crippen molar-refractivity contribution >= 4 is 5.91 Å². The van der Waals surface area contributed by atoms with Gasteiger partial charge in [0.25, 0.3) is 0 Å². The minimum Gasteiger partial charge on any atom is -0.497 e. The molecule has 1 fully saturated rings. The van der Waals surface area contributed by atoms with E-state index in [-0.39, 0.29) is 5.91 Å². The third-order valence-corrected chi connectivity index (χ3v) is 6.04. The lowest BCUT2D eigenvalue weighted by Crippen LogP contribution is -2.38. The predicted molar refractivity (Wildman–Crippen MR) is 122 cm³/mol. The van der Waals surface area contributed by atoms with Crippen LogP contribution < -0.4 is 9.47 Å². The summed E-state index contributed by atoms with van der Waals surface area (Å²) in [6, 6.07) is 16.5. The van der Waals surface area contributed by atoms with Crippen molar-refractivity contribution in [3.63, 3.8) is 0 Å². The van der Waals surface area contributed by atoms with Gasteiger partial charge in [0.15, 0.2) is 0 Å². The fourth-order valence-corrected chi connectivity index (χ4v) is 4.42. The predicted octanol–water partition coefficient (Wildman–Crippen LogP) is 3.41. The van der Waals surface area contributed by atoms with Crippen molar-refractivity contribution in [3.8, 4) is 11.5 Å². The van der Waals surface area contributed by atoms with Gasteiger partial charge in [0.1, 0.15) is 11.5 Å². The summed E-state index contributed by atoms with van der Waals surface area (Å²) in [4.78, 5) is 16.6. The van der Waals surface area contributed by atoms with Crippen molar-refractivity contribution in [1.82, 2.24) is 9.80 Å². The number of rotatable bonds is 10. The van der Waals surface area contributed by atoms with E-state index in [0.717, 1.165) is 37.7 Å². The Kier molecular flexibility index (Phi) is 8.32. The molecule has 1 aliphatic heterocycles. The van der Waals surface area contributed by atoms with Crippen LogP contribution >= 0.6 is 0 Å². The number of hydrogen-bond donors (Lipinski definition) is 0. The molecule has 3 rings (SSSR count). The van der Waals surface area contributed by atoms with Gasteiger partial charge in [0.2, 0.25) is 5.91 Å². The molecule has 1 amide bonds. The van der Waals surface area contributed by atoms with Crippen LogP contribution in [0.15, 0.2) is 48.5 Å². The molecular formula is C25H34N2O4. The first-order valence-corrected chi connectivity index (χ1v) is 10.8. The van der Waals surface area contributed by atoms with Crippen LogP contribution in [0, 0.1) is 5.92 Å². The maximum Gasteiger partial charge on any atom is 0.219 e. The molecule has 6 heteroatoms. The summed E-state index contributed by atoms with van der Waals surface area (Å²) < 4.78 is 16.1. The van der Waals surface area contributed by atoms with Gasteiger partial charge in [0.05, 0.1) is 20.8 Å². The molecule has 0 spiro atoms. The Balaban J connectivity index is 1.80. The van der Waals surface area contributed by atoms with Crippen molar-refractivity contribution in [2.75, 3.05) is 54.1 Å². The molecule has 2 aromatic rings. The van der Waals surface area contributed by atoms with Gasteiger partial charge in [-0.15, -0.1) is 0 Å². The highest BCUT2D eigenvalue weighted by Gasteiger charge is 2.35. The second-order valence-corrected chi connectivity index (χ2v) is 8.15. The Morgan fingerprint density at radius 2 is 1.74 bits per heavy atom. The molecule has 0 bridgehead atoms. The zero-order valence-corrected chi connectivity index (χ0v) is 19.0. The molecule has 2 atom stereocenters. The van der Waals surface area contributed by atoms with Crippen molar-refractivity contribution in [1.29, 1.82) is 0 Å². The van der Waals surface area contributed by atoms with E-state index in [1.54, 1.807) is 28.3 Å². The Morgan fingerprint density at radius 1 is 1.03 bits per heavy atom. The first-order valence-electron chi connectivity index (χ1n) is 10.8. The third-order valence-electron chi connectivity index (χ3n) is 6.04. The van der Waals surface area contributed by atoms with Crippen LogP contribution in [-0.4, -0.2) is 69.8 Å². The van der Waals surface area contributed by atoms with Gasteiger partial charge in [-0.1, -0.05) is 24.3 Å². The lowest BCUT2D eigenvalue weighted by Gasteiger charge is -2.27. The number of benzene rings is 2. The van der Waals surface area contributed by atoms with Crippen LogP contribution in [-0.2, 0) is 16.1 Å². The molecule has 1 heterocycles. The number of hydrogen-bond acceptors (Lipinski definition) is 5. The molecular weight excluding hydrogens is 392 g/mol. The maximum absolute atomic E-state index is 12.2. The second kappa shape index (κ2) is 11.2. The van der Waals surface area contributed by atoms with Crippen molar-refractivity contribution < 1.29 is 19.0 Å². The number of ether oxygens (including phenoxy) is 3. The largest absolute Gasteiger partial charge is 0.497 e. The topological polar surface area (TPSA) is 51.2 Å². The van der Waals surface area contributed by atoms with Crippen molar-refractivity contribution in [2.24, 2.45) is 5.92 Å². The van der Waals surface area contributed by atoms with Gasteiger partial charge < -0.3 is 19.1 Å². The van der Waals surface area contributed by atoms with E-state index in [2.05, 4.69) is 29.2 Å². The maximum atomic E-state index is 12.2. The van der Waals surface area contributed by atoms with Gasteiger partial charge in [-0.2, -0.15) is 0 Å². The molecule has 0 radical (unpaired) electrons. The number of carbonyl (C=O) groups excluding carboxylic acids is 1. The number of nitrogens with zero attached hydrogens (tertiary/aromatic N) is 2. The van der Waals surface area contributed by atoms with Crippen LogP contribution in [0.3, 0.4) is 0 Å². The number of carbonyl (C=O) groups is 1. The molecule has 0 unspecified atom stereocenters. The summed E-state index contributed by atoms with van der Waals surface area (Å²) in [7, 11) is 5.06. The molecule has 0 saturated carbocycles. The molecule has 0 N–H and O–H groups in total. The fraction of sp³-hybridized carbons (Fsp3) is 0.480. The van der Waals surface area contributed by atoms with Crippen LogP contribution in [0.25, 0.3) is 0 Å². The first-order chi connectivity index (χ1) is 15.0. The summed E-state index contributed by atoms with van der Waals surface area (Å²) >= 11 is 0. The zero-order valence-electron chi connectivity index (χ0n) is 19.0. The highest BCUT2D eigenvalue weighted by Crippen LogP contribution is 2.35. The first kappa shape index (κ1) is 23.1. The van der Waals surface area contributed by atoms with Crippen LogP contribution in [0.2, 0.25) is 0 Å². The molecule has 168 valence electrons. The van der Waals surface area contributed by atoms with Gasteiger partial charge in [0, 0.05) is 52.7 Å². The SMILES string of the molecule is COCCN(C[C@@H]1CN(Cc2cccc(OC)c2)C[C@H]1c1cccc(OC)c1)C(C)=O. The molecule has 2 aromatic carbocycles. The van der Waals surface area contributed by atoms with Gasteiger partial charge in [-0.3, -0.25) is 9.69 Å². The monoisotopic (exact) mass is 426 g/mol. The third kappa shape index (κ3) is 6.21. The van der Waals surface area contributed by atoms with Crippen LogP contribution in [0.1, 0.15) is 24.0 Å². The Hall–Kier alpha value is -2.57. The van der Waals surface area contributed by atoms with E-state index >= 15 is 0 Å². The van der Waals surface area contributed by atoms with Gasteiger partial charge in [-0.05, 0) is 41.3 Å². The minimum atomic E-state index is 0.0905. The number of methoxy groups -OCH3 is 3. The lowest BCUT2D eigenvalue weighted by molar-refractivity contribution is -0.130. The second-order valence-electron chi connectivity index (χ2n) is 8.15. The van der Waals surface area contributed by atoms with E-state index in [1.165, 1.54) is 11.1 Å². The summed E-state index contributed by atoms with van der Waals surface area (Å²) in [5.74, 6) is 2.49. The number of likely N-dealkylation sites (tertiary alicyclic amines) is 1. The van der Waals surface area contributed by atoms with Crippen LogP contribution in [0.4, 0.5) is 0 Å². The molecule has 6 nitrogen and oxygen atoms in total. The smallest absolute Gasteiger partial charge is 0.219 e. The molecule has 31 heavy (non-hydrogen) atoms. The van der Waals surface area contributed by atoms with Crippen molar-refractivity contribution in [3.05, 3.63) is 59.7 Å². The molecule has 1 saturated heterocycles. The zero-order chi connectivity index (χ0) is 22.2. The van der Waals surface area contributed by atoms with E-state index < -0.39 is 0 Å².